The van der Waals surface area contributed by atoms with Gasteiger partial charge in [0, 0.05) is 19.3 Å². The van der Waals surface area contributed by atoms with E-state index in [0.29, 0.717) is 26.3 Å². The van der Waals surface area contributed by atoms with Gasteiger partial charge in [0.15, 0.2) is 0 Å². The molecule has 0 bridgehead atoms. The van der Waals surface area contributed by atoms with Crippen LogP contribution in [0.5, 0.6) is 0 Å². The van der Waals surface area contributed by atoms with Gasteiger partial charge < -0.3 is 5.32 Å². The molecule has 3 heterocycles. The zero-order chi connectivity index (χ0) is 19.0. The number of pyridine rings is 1. The number of carbonyl (C=O) groups is 1. The molecule has 1 N–H and O–H groups in total. The van der Waals surface area contributed by atoms with Crippen LogP contribution >= 0.6 is 24.0 Å². The Bertz CT molecular complexity index is 1010. The van der Waals surface area contributed by atoms with Crippen molar-refractivity contribution in [2.24, 2.45) is 0 Å². The van der Waals surface area contributed by atoms with Gasteiger partial charge in [0.25, 0.3) is 11.5 Å². The maximum absolute atomic E-state index is 13.0. The van der Waals surface area contributed by atoms with Gasteiger partial charge in [-0.15, -0.1) is 0 Å². The standard InChI is InChI=1S/C19H20N4O2S2/c1-20-16-13(17(24)22-10-6-5-9-15(22)21-16)11-14-18(25)23(19(26)27-14)12-7-3-2-4-8-12/h5-6,9-12,20H,2-4,7-8H2,1H3. The van der Waals surface area contributed by atoms with Gasteiger partial charge in [0.2, 0.25) is 0 Å². The Morgan fingerprint density at radius 1 is 1.26 bits per heavy atom. The molecule has 1 saturated carbocycles. The predicted molar refractivity (Wildman–Crippen MR) is 113 cm³/mol. The number of amides is 1. The Balaban J connectivity index is 1.75. The van der Waals surface area contributed by atoms with Gasteiger partial charge in [0.05, 0.1) is 10.5 Å². The summed E-state index contributed by atoms with van der Waals surface area (Å²) in [5.74, 6) is 0.352. The molecule has 0 spiro atoms. The highest BCUT2D eigenvalue weighted by Gasteiger charge is 2.37. The highest BCUT2D eigenvalue weighted by Crippen LogP contribution is 2.37. The highest BCUT2D eigenvalue weighted by atomic mass is 32.2. The molecule has 0 unspecified atom stereocenters. The fraction of sp³-hybridized carbons (Fsp3) is 0.368. The summed E-state index contributed by atoms with van der Waals surface area (Å²) in [4.78, 5) is 32.7. The molecule has 2 aromatic rings. The molecule has 1 aliphatic carbocycles. The summed E-state index contributed by atoms with van der Waals surface area (Å²) in [5, 5.41) is 2.97. The summed E-state index contributed by atoms with van der Waals surface area (Å²) in [7, 11) is 1.71. The first kappa shape index (κ1) is 18.2. The SMILES string of the molecule is CNc1nc2ccccn2c(=O)c1C=C1SC(=S)N(C2CCCCC2)C1=O. The molecule has 1 saturated heterocycles. The third-order valence-corrected chi connectivity index (χ3v) is 6.38. The molecule has 0 radical (unpaired) electrons. The third kappa shape index (κ3) is 3.27. The summed E-state index contributed by atoms with van der Waals surface area (Å²) in [6.45, 7) is 0. The van der Waals surface area contributed by atoms with Crippen LogP contribution in [0.1, 0.15) is 37.7 Å². The summed E-state index contributed by atoms with van der Waals surface area (Å²) in [6, 6.07) is 5.56. The monoisotopic (exact) mass is 400 g/mol. The van der Waals surface area contributed by atoms with E-state index in [0.717, 1.165) is 25.7 Å². The summed E-state index contributed by atoms with van der Waals surface area (Å²) in [6.07, 6.45) is 8.74. The molecule has 0 atom stereocenters. The molecular formula is C19H20N4O2S2. The van der Waals surface area contributed by atoms with Crippen LogP contribution in [0.3, 0.4) is 0 Å². The zero-order valence-corrected chi connectivity index (χ0v) is 16.6. The molecule has 2 fully saturated rings. The van der Waals surface area contributed by atoms with E-state index in [1.807, 2.05) is 6.07 Å². The number of nitrogens with zero attached hydrogens (tertiary/aromatic N) is 3. The van der Waals surface area contributed by atoms with E-state index < -0.39 is 0 Å². The topological polar surface area (TPSA) is 66.7 Å². The van der Waals surface area contributed by atoms with E-state index in [1.54, 1.807) is 36.4 Å². The van der Waals surface area contributed by atoms with Crippen molar-refractivity contribution in [2.75, 3.05) is 12.4 Å². The second-order valence-corrected chi connectivity index (χ2v) is 8.38. The van der Waals surface area contributed by atoms with Crippen molar-refractivity contribution in [1.29, 1.82) is 0 Å². The lowest BCUT2D eigenvalue weighted by atomic mass is 9.94. The van der Waals surface area contributed by atoms with E-state index in [-0.39, 0.29) is 17.5 Å². The number of nitrogens with one attached hydrogen (secondary N) is 1. The number of hydrogen-bond donors (Lipinski definition) is 1. The summed E-state index contributed by atoms with van der Waals surface area (Å²) < 4.78 is 2.06. The van der Waals surface area contributed by atoms with E-state index in [1.165, 1.54) is 22.6 Å². The molecule has 4 rings (SSSR count). The second-order valence-electron chi connectivity index (χ2n) is 6.70. The molecule has 140 valence electrons. The lowest BCUT2D eigenvalue weighted by Crippen LogP contribution is -2.39. The number of hydrogen-bond acceptors (Lipinski definition) is 6. The summed E-state index contributed by atoms with van der Waals surface area (Å²) in [5.41, 5.74) is 0.706. The molecule has 1 aliphatic heterocycles. The minimum atomic E-state index is -0.215. The van der Waals surface area contributed by atoms with Crippen LogP contribution in [0.25, 0.3) is 11.7 Å². The first-order valence-electron chi connectivity index (χ1n) is 9.06. The number of carbonyl (C=O) groups excluding carboxylic acids is 1. The maximum Gasteiger partial charge on any atom is 0.267 e. The first-order chi connectivity index (χ1) is 13.1. The van der Waals surface area contributed by atoms with Crippen molar-refractivity contribution in [3.63, 3.8) is 0 Å². The molecular weight excluding hydrogens is 380 g/mol. The van der Waals surface area contributed by atoms with Gasteiger partial charge in [-0.05, 0) is 31.1 Å². The Kier molecular flexibility index (Phi) is 5.01. The lowest BCUT2D eigenvalue weighted by molar-refractivity contribution is -0.124. The van der Waals surface area contributed by atoms with Crippen molar-refractivity contribution in [1.82, 2.24) is 14.3 Å². The Hall–Kier alpha value is -2.19. The third-order valence-electron chi connectivity index (χ3n) is 5.04. The molecule has 1 amide bonds. The average Bonchev–Trinajstić information content (AvgIpc) is 2.97. The molecule has 2 aliphatic rings. The zero-order valence-electron chi connectivity index (χ0n) is 15.0. The van der Waals surface area contributed by atoms with Crippen LogP contribution < -0.4 is 10.9 Å². The fourth-order valence-electron chi connectivity index (χ4n) is 3.69. The van der Waals surface area contributed by atoms with Gasteiger partial charge in [0.1, 0.15) is 15.8 Å². The second kappa shape index (κ2) is 7.44. The molecule has 2 aromatic heterocycles. The number of thioether (sulfide) groups is 1. The van der Waals surface area contributed by atoms with Crippen molar-refractivity contribution >= 4 is 51.7 Å². The smallest absolute Gasteiger partial charge is 0.267 e. The van der Waals surface area contributed by atoms with E-state index in [2.05, 4.69) is 10.3 Å². The largest absolute Gasteiger partial charge is 0.372 e. The highest BCUT2D eigenvalue weighted by molar-refractivity contribution is 8.26. The average molecular weight is 401 g/mol. The van der Waals surface area contributed by atoms with Crippen molar-refractivity contribution in [2.45, 2.75) is 38.1 Å². The maximum atomic E-state index is 13.0. The van der Waals surface area contributed by atoms with Gasteiger partial charge >= 0.3 is 0 Å². The quantitative estimate of drug-likeness (QED) is 0.630. The molecule has 6 nitrogen and oxygen atoms in total. The van der Waals surface area contributed by atoms with Crippen molar-refractivity contribution in [3.8, 4) is 0 Å². The minimum absolute atomic E-state index is 0.100. The van der Waals surface area contributed by atoms with Crippen LogP contribution in [0.2, 0.25) is 0 Å². The number of anilines is 1. The number of aromatic nitrogens is 2. The fourth-order valence-corrected chi connectivity index (χ4v) is 5.07. The first-order valence-corrected chi connectivity index (χ1v) is 10.3. The normalized spacial score (nSPS) is 20.0. The van der Waals surface area contributed by atoms with Crippen LogP contribution in [-0.2, 0) is 4.79 Å². The lowest BCUT2D eigenvalue weighted by Gasteiger charge is -2.29. The molecule has 0 aromatic carbocycles. The van der Waals surface area contributed by atoms with Gasteiger partial charge in [-0.25, -0.2) is 4.98 Å². The Labute approximate surface area is 166 Å². The summed E-state index contributed by atoms with van der Waals surface area (Å²) >= 11 is 6.74. The van der Waals surface area contributed by atoms with Crippen molar-refractivity contribution < 1.29 is 4.79 Å². The predicted octanol–water partition coefficient (Wildman–Crippen LogP) is 3.27. The van der Waals surface area contributed by atoms with Crippen LogP contribution in [0, 0.1) is 0 Å². The molecule has 27 heavy (non-hydrogen) atoms. The van der Waals surface area contributed by atoms with Crippen LogP contribution in [0.15, 0.2) is 34.1 Å². The van der Waals surface area contributed by atoms with Crippen molar-refractivity contribution in [3.05, 3.63) is 45.2 Å². The van der Waals surface area contributed by atoms with E-state index in [9.17, 15) is 9.59 Å². The van der Waals surface area contributed by atoms with E-state index in [4.69, 9.17) is 12.2 Å². The van der Waals surface area contributed by atoms with E-state index >= 15 is 0 Å². The van der Waals surface area contributed by atoms with Crippen LogP contribution in [0.4, 0.5) is 5.82 Å². The molecule has 8 heteroatoms. The van der Waals surface area contributed by atoms with Crippen LogP contribution in [-0.4, -0.2) is 37.6 Å². The minimum Gasteiger partial charge on any atom is -0.372 e. The number of rotatable bonds is 3. The number of fused-ring (bicyclic) bond motifs is 1. The van der Waals surface area contributed by atoms with Gasteiger partial charge in [-0.2, -0.15) is 0 Å². The Morgan fingerprint density at radius 3 is 2.78 bits per heavy atom. The van der Waals surface area contributed by atoms with Gasteiger partial charge in [-0.3, -0.25) is 18.9 Å². The number of thiocarbonyl (C=S) groups is 1. The Morgan fingerprint density at radius 2 is 2.04 bits per heavy atom. The van der Waals surface area contributed by atoms with Gasteiger partial charge in [-0.1, -0.05) is 49.3 Å².